The molecule has 4 N–H and O–H groups in total. The van der Waals surface area contributed by atoms with Gasteiger partial charge in [-0.3, -0.25) is 4.79 Å². The summed E-state index contributed by atoms with van der Waals surface area (Å²) in [5.41, 5.74) is 2.51. The Morgan fingerprint density at radius 3 is 2.83 bits per heavy atom. The van der Waals surface area contributed by atoms with Gasteiger partial charge >= 0.3 is 0 Å². The van der Waals surface area contributed by atoms with Crippen molar-refractivity contribution in [2.24, 2.45) is 0 Å². The van der Waals surface area contributed by atoms with E-state index in [0.29, 0.717) is 16.1 Å². The summed E-state index contributed by atoms with van der Waals surface area (Å²) in [5.74, 6) is 0.143. The predicted molar refractivity (Wildman–Crippen MR) is 92.8 cm³/mol. The summed E-state index contributed by atoms with van der Waals surface area (Å²) in [4.78, 5) is 17.9. The number of pyridine rings is 1. The Labute approximate surface area is 135 Å². The van der Waals surface area contributed by atoms with Crippen LogP contribution in [0, 0.1) is 0 Å². The highest BCUT2D eigenvalue weighted by molar-refractivity contribution is 6.30. The van der Waals surface area contributed by atoms with Crippen LogP contribution in [0.4, 0.5) is 11.4 Å². The van der Waals surface area contributed by atoms with Gasteiger partial charge in [-0.25, -0.2) is 0 Å². The molecule has 0 amide bonds. The number of halogens is 1. The molecule has 4 aromatic rings. The summed E-state index contributed by atoms with van der Waals surface area (Å²) >= 11 is 6.01. The van der Waals surface area contributed by atoms with Crippen molar-refractivity contribution in [1.29, 1.82) is 0 Å². The Morgan fingerprint density at radius 2 is 2.00 bits per heavy atom. The molecule has 5 nitrogen and oxygen atoms in total. The van der Waals surface area contributed by atoms with E-state index in [0.717, 1.165) is 22.1 Å². The average molecular weight is 326 g/mol. The third kappa shape index (κ3) is 2.31. The molecule has 0 saturated carbocycles. The summed E-state index contributed by atoms with van der Waals surface area (Å²) in [6, 6.07) is 12.3. The highest BCUT2D eigenvalue weighted by Gasteiger charge is 2.12. The zero-order valence-electron chi connectivity index (χ0n) is 11.9. The van der Waals surface area contributed by atoms with Gasteiger partial charge in [-0.15, -0.1) is 0 Å². The van der Waals surface area contributed by atoms with Crippen molar-refractivity contribution in [3.8, 4) is 5.75 Å². The first-order valence-corrected chi connectivity index (χ1v) is 7.38. The fourth-order valence-electron chi connectivity index (χ4n) is 2.74. The van der Waals surface area contributed by atoms with Crippen molar-refractivity contribution >= 4 is 44.8 Å². The molecule has 0 unspecified atom stereocenters. The monoisotopic (exact) mass is 325 g/mol. The van der Waals surface area contributed by atoms with Crippen LogP contribution in [0.2, 0.25) is 5.02 Å². The number of aromatic hydroxyl groups is 1. The van der Waals surface area contributed by atoms with Gasteiger partial charge in [-0.05, 0) is 30.3 Å². The number of nitrogens with one attached hydrogen (secondary N) is 3. The molecule has 0 aliphatic heterocycles. The molecule has 0 spiro atoms. The fourth-order valence-corrected chi connectivity index (χ4v) is 2.93. The molecule has 6 heteroatoms. The minimum Gasteiger partial charge on any atom is -0.508 e. The van der Waals surface area contributed by atoms with Gasteiger partial charge in [0, 0.05) is 33.7 Å². The minimum absolute atomic E-state index is 0.143. The second-order valence-electron chi connectivity index (χ2n) is 5.27. The van der Waals surface area contributed by atoms with Crippen molar-refractivity contribution in [3.05, 3.63) is 64.0 Å². The van der Waals surface area contributed by atoms with Crippen molar-refractivity contribution < 1.29 is 5.11 Å². The summed E-state index contributed by atoms with van der Waals surface area (Å²) in [6.07, 6.45) is 1.63. The summed E-state index contributed by atoms with van der Waals surface area (Å²) in [6.45, 7) is 0. The molecule has 0 aliphatic rings. The fraction of sp³-hybridized carbons (Fsp3) is 0. The van der Waals surface area contributed by atoms with Crippen molar-refractivity contribution in [1.82, 2.24) is 9.97 Å². The number of aromatic nitrogens is 2. The molecule has 0 bridgehead atoms. The Bertz CT molecular complexity index is 1100. The van der Waals surface area contributed by atoms with Crippen LogP contribution in [0.5, 0.6) is 5.75 Å². The molecule has 0 atom stereocenters. The van der Waals surface area contributed by atoms with E-state index in [9.17, 15) is 9.90 Å². The van der Waals surface area contributed by atoms with E-state index in [1.807, 2.05) is 12.1 Å². The average Bonchev–Trinajstić information content (AvgIpc) is 2.90. The van der Waals surface area contributed by atoms with Gasteiger partial charge in [-0.1, -0.05) is 17.7 Å². The lowest BCUT2D eigenvalue weighted by molar-refractivity contribution is 0.476. The molecular formula is C17H12ClN3O2. The number of hydrogen-bond acceptors (Lipinski definition) is 3. The second-order valence-corrected chi connectivity index (χ2v) is 5.71. The standard InChI is InChI=1S/C17H12ClN3O2/c18-9-2-1-3-10(6-9)20-14-8-19-17(23)16-15(14)12-5-4-11(22)7-13(12)21-16/h1-8,20-22H,(H,19,23). The molecule has 4 rings (SSSR count). The van der Waals surface area contributed by atoms with Crippen molar-refractivity contribution in [2.75, 3.05) is 5.32 Å². The van der Waals surface area contributed by atoms with E-state index in [-0.39, 0.29) is 11.3 Å². The topological polar surface area (TPSA) is 80.9 Å². The maximum atomic E-state index is 12.1. The van der Waals surface area contributed by atoms with E-state index in [2.05, 4.69) is 15.3 Å². The van der Waals surface area contributed by atoms with Crippen molar-refractivity contribution in [3.63, 3.8) is 0 Å². The molecule has 23 heavy (non-hydrogen) atoms. The van der Waals surface area contributed by atoms with E-state index in [4.69, 9.17) is 11.6 Å². The maximum Gasteiger partial charge on any atom is 0.272 e. The first-order valence-electron chi connectivity index (χ1n) is 7.00. The van der Waals surface area contributed by atoms with Gasteiger partial charge in [0.25, 0.3) is 5.56 Å². The Morgan fingerprint density at radius 1 is 1.13 bits per heavy atom. The Balaban J connectivity index is 1.98. The van der Waals surface area contributed by atoms with Gasteiger partial charge in [0.05, 0.1) is 11.2 Å². The smallest absolute Gasteiger partial charge is 0.272 e. The second kappa shape index (κ2) is 5.07. The van der Waals surface area contributed by atoms with Crippen LogP contribution in [0.1, 0.15) is 0 Å². The number of H-pyrrole nitrogens is 2. The molecule has 2 heterocycles. The van der Waals surface area contributed by atoms with Gasteiger partial charge in [0.15, 0.2) is 0 Å². The van der Waals surface area contributed by atoms with Crippen LogP contribution in [0.25, 0.3) is 21.8 Å². The zero-order valence-corrected chi connectivity index (χ0v) is 12.6. The van der Waals surface area contributed by atoms with E-state index >= 15 is 0 Å². The van der Waals surface area contributed by atoms with E-state index in [1.165, 1.54) is 0 Å². The lowest BCUT2D eigenvalue weighted by Gasteiger charge is -2.08. The molecule has 0 radical (unpaired) electrons. The molecule has 2 aromatic carbocycles. The molecule has 0 aliphatic carbocycles. The highest BCUT2D eigenvalue weighted by Crippen LogP contribution is 2.32. The highest BCUT2D eigenvalue weighted by atomic mass is 35.5. The lowest BCUT2D eigenvalue weighted by Crippen LogP contribution is -2.06. The van der Waals surface area contributed by atoms with Crippen LogP contribution >= 0.6 is 11.6 Å². The first kappa shape index (κ1) is 13.7. The molecular weight excluding hydrogens is 314 g/mol. The van der Waals surface area contributed by atoms with Gasteiger partial charge < -0.3 is 20.4 Å². The van der Waals surface area contributed by atoms with Crippen LogP contribution in [-0.2, 0) is 0 Å². The number of hydrogen-bond donors (Lipinski definition) is 4. The van der Waals surface area contributed by atoms with Crippen LogP contribution in [-0.4, -0.2) is 15.1 Å². The van der Waals surface area contributed by atoms with Gasteiger partial charge in [-0.2, -0.15) is 0 Å². The number of anilines is 2. The van der Waals surface area contributed by atoms with Crippen LogP contribution in [0.3, 0.4) is 0 Å². The zero-order chi connectivity index (χ0) is 16.0. The summed E-state index contributed by atoms with van der Waals surface area (Å²) < 4.78 is 0. The summed E-state index contributed by atoms with van der Waals surface area (Å²) in [7, 11) is 0. The maximum absolute atomic E-state index is 12.1. The third-order valence-corrected chi connectivity index (χ3v) is 3.96. The van der Waals surface area contributed by atoms with Gasteiger partial charge in [0.2, 0.25) is 0 Å². The number of rotatable bonds is 2. The Hall–Kier alpha value is -2.92. The van der Waals surface area contributed by atoms with Crippen LogP contribution in [0.15, 0.2) is 53.5 Å². The number of aromatic amines is 2. The molecule has 0 fully saturated rings. The van der Waals surface area contributed by atoms with E-state index < -0.39 is 0 Å². The quantitative estimate of drug-likeness (QED) is 0.447. The third-order valence-electron chi connectivity index (χ3n) is 3.73. The number of phenolic OH excluding ortho intramolecular Hbond substituents is 1. The molecule has 0 saturated heterocycles. The van der Waals surface area contributed by atoms with E-state index in [1.54, 1.807) is 36.5 Å². The minimum atomic E-state index is -0.215. The lowest BCUT2D eigenvalue weighted by atomic mass is 10.1. The Kier molecular flexibility index (Phi) is 3.02. The predicted octanol–water partition coefficient (Wildman–Crippen LogP) is 4.11. The first-order chi connectivity index (χ1) is 11.1. The van der Waals surface area contributed by atoms with Crippen molar-refractivity contribution in [2.45, 2.75) is 0 Å². The largest absolute Gasteiger partial charge is 0.508 e. The SMILES string of the molecule is O=c1[nH]cc(Nc2cccc(Cl)c2)c2c1[nH]c1cc(O)ccc12. The normalized spacial score (nSPS) is 11.2. The summed E-state index contributed by atoms with van der Waals surface area (Å²) in [5, 5.41) is 15.1. The molecule has 2 aromatic heterocycles. The molecule has 114 valence electrons. The number of phenols is 1. The number of benzene rings is 2. The van der Waals surface area contributed by atoms with Crippen LogP contribution < -0.4 is 10.9 Å². The van der Waals surface area contributed by atoms with Gasteiger partial charge in [0.1, 0.15) is 11.3 Å². The number of fused-ring (bicyclic) bond motifs is 3.